The van der Waals surface area contributed by atoms with Crippen molar-refractivity contribution >= 4 is 12.4 Å². The highest BCUT2D eigenvalue weighted by Crippen LogP contribution is 2.17. The zero-order valence-corrected chi connectivity index (χ0v) is 7.16. The molecule has 2 unspecified atom stereocenters. The minimum atomic E-state index is -0.0452. The van der Waals surface area contributed by atoms with Crippen LogP contribution in [0, 0.1) is 0 Å². The first-order valence-electron chi connectivity index (χ1n) is 3.68. The lowest BCUT2D eigenvalue weighted by molar-refractivity contribution is 0.114. The highest BCUT2D eigenvalue weighted by molar-refractivity contribution is 5.85. The van der Waals surface area contributed by atoms with Crippen molar-refractivity contribution < 1.29 is 5.11 Å². The minimum Gasteiger partial charge on any atom is -0.393 e. The lowest BCUT2D eigenvalue weighted by Crippen LogP contribution is -2.33. The van der Waals surface area contributed by atoms with E-state index in [-0.39, 0.29) is 18.5 Å². The van der Waals surface area contributed by atoms with Gasteiger partial charge in [0.25, 0.3) is 0 Å². The minimum absolute atomic E-state index is 0. The summed E-state index contributed by atoms with van der Waals surface area (Å²) < 4.78 is 0. The molecule has 1 saturated carbocycles. The van der Waals surface area contributed by atoms with Crippen molar-refractivity contribution in [1.29, 1.82) is 0 Å². The fourth-order valence-electron chi connectivity index (χ4n) is 1.43. The Morgan fingerprint density at radius 3 is 2.50 bits per heavy atom. The smallest absolute Gasteiger partial charge is 0.0555 e. The van der Waals surface area contributed by atoms with E-state index in [2.05, 4.69) is 5.32 Å². The van der Waals surface area contributed by atoms with Crippen LogP contribution in [0.25, 0.3) is 0 Å². The zero-order chi connectivity index (χ0) is 6.69. The van der Waals surface area contributed by atoms with Crippen molar-refractivity contribution in [2.24, 2.45) is 0 Å². The number of aliphatic hydroxyl groups excluding tert-OH is 1. The average molecular weight is 166 g/mol. The van der Waals surface area contributed by atoms with E-state index in [1.54, 1.807) is 0 Å². The topological polar surface area (TPSA) is 32.3 Å². The van der Waals surface area contributed by atoms with Crippen LogP contribution in [0.2, 0.25) is 0 Å². The van der Waals surface area contributed by atoms with Gasteiger partial charge in [-0.25, -0.2) is 0 Å². The second kappa shape index (κ2) is 4.94. The number of aliphatic hydroxyl groups is 1. The SMILES string of the molecule is CNC1CCCC(O)C1.Cl. The summed E-state index contributed by atoms with van der Waals surface area (Å²) in [5, 5.41) is 12.3. The molecule has 0 amide bonds. The van der Waals surface area contributed by atoms with Gasteiger partial charge in [0.2, 0.25) is 0 Å². The second-order valence-corrected chi connectivity index (χ2v) is 2.81. The maximum Gasteiger partial charge on any atom is 0.0555 e. The van der Waals surface area contributed by atoms with E-state index in [0.29, 0.717) is 6.04 Å². The lowest BCUT2D eigenvalue weighted by Gasteiger charge is -2.24. The zero-order valence-electron chi connectivity index (χ0n) is 6.34. The summed E-state index contributed by atoms with van der Waals surface area (Å²) in [4.78, 5) is 0. The molecule has 0 saturated heterocycles. The summed E-state index contributed by atoms with van der Waals surface area (Å²) in [5.74, 6) is 0. The van der Waals surface area contributed by atoms with Gasteiger partial charge in [-0.05, 0) is 32.7 Å². The first-order chi connectivity index (χ1) is 4.33. The van der Waals surface area contributed by atoms with Crippen LogP contribution < -0.4 is 5.32 Å². The molecule has 2 atom stereocenters. The van der Waals surface area contributed by atoms with Crippen molar-refractivity contribution in [2.45, 2.75) is 37.8 Å². The van der Waals surface area contributed by atoms with E-state index in [0.717, 1.165) is 12.8 Å². The molecule has 2 N–H and O–H groups in total. The molecule has 1 aliphatic rings. The van der Waals surface area contributed by atoms with E-state index in [1.807, 2.05) is 7.05 Å². The van der Waals surface area contributed by atoms with Crippen LogP contribution in [0.1, 0.15) is 25.7 Å². The first kappa shape index (κ1) is 10.2. The first-order valence-corrected chi connectivity index (χ1v) is 3.68. The van der Waals surface area contributed by atoms with Gasteiger partial charge in [-0.15, -0.1) is 12.4 Å². The molecule has 10 heavy (non-hydrogen) atoms. The van der Waals surface area contributed by atoms with Gasteiger partial charge in [-0.3, -0.25) is 0 Å². The van der Waals surface area contributed by atoms with Crippen LogP contribution in [0.4, 0.5) is 0 Å². The molecule has 1 rings (SSSR count). The summed E-state index contributed by atoms with van der Waals surface area (Å²) in [6, 6.07) is 0.564. The van der Waals surface area contributed by atoms with Gasteiger partial charge in [0, 0.05) is 6.04 Å². The molecule has 1 aliphatic carbocycles. The van der Waals surface area contributed by atoms with E-state index < -0.39 is 0 Å². The van der Waals surface area contributed by atoms with Gasteiger partial charge in [-0.1, -0.05) is 0 Å². The second-order valence-electron chi connectivity index (χ2n) is 2.81. The summed E-state index contributed by atoms with van der Waals surface area (Å²) in [7, 11) is 1.96. The van der Waals surface area contributed by atoms with E-state index in [9.17, 15) is 5.11 Å². The van der Waals surface area contributed by atoms with Crippen LogP contribution in [0.5, 0.6) is 0 Å². The Labute approximate surface area is 68.4 Å². The Kier molecular flexibility index (Phi) is 5.04. The van der Waals surface area contributed by atoms with Crippen LogP contribution in [-0.4, -0.2) is 24.3 Å². The molecular weight excluding hydrogens is 150 g/mol. The summed E-state index contributed by atoms with van der Waals surface area (Å²) in [6.45, 7) is 0. The molecule has 0 radical (unpaired) electrons. The van der Waals surface area contributed by atoms with Gasteiger partial charge in [-0.2, -0.15) is 0 Å². The largest absolute Gasteiger partial charge is 0.393 e. The molecule has 1 fully saturated rings. The number of hydrogen-bond donors (Lipinski definition) is 2. The molecule has 0 heterocycles. The number of nitrogens with one attached hydrogen (secondary N) is 1. The Morgan fingerprint density at radius 1 is 1.40 bits per heavy atom. The van der Waals surface area contributed by atoms with Gasteiger partial charge in [0.05, 0.1) is 6.10 Å². The van der Waals surface area contributed by atoms with Crippen LogP contribution in [-0.2, 0) is 0 Å². The molecule has 0 bridgehead atoms. The third-order valence-electron chi connectivity index (χ3n) is 2.05. The van der Waals surface area contributed by atoms with Gasteiger partial charge in [0.15, 0.2) is 0 Å². The number of rotatable bonds is 1. The summed E-state index contributed by atoms with van der Waals surface area (Å²) in [6.07, 6.45) is 4.30. The molecule has 3 heteroatoms. The standard InChI is InChI=1S/C7H15NO.ClH/c1-8-6-3-2-4-7(9)5-6;/h6-9H,2-5H2,1H3;1H. The highest BCUT2D eigenvalue weighted by atomic mass is 35.5. The van der Waals surface area contributed by atoms with Crippen molar-refractivity contribution in [3.8, 4) is 0 Å². The fourth-order valence-corrected chi connectivity index (χ4v) is 1.43. The molecule has 2 nitrogen and oxygen atoms in total. The maximum atomic E-state index is 9.17. The molecular formula is C7H16ClNO. The Hall–Kier alpha value is 0.210. The number of halogens is 1. The molecule has 0 aliphatic heterocycles. The van der Waals surface area contributed by atoms with Crippen molar-refractivity contribution in [3.63, 3.8) is 0 Å². The van der Waals surface area contributed by atoms with Crippen LogP contribution >= 0.6 is 12.4 Å². The average Bonchev–Trinajstić information content (AvgIpc) is 1.88. The van der Waals surface area contributed by atoms with Crippen molar-refractivity contribution in [2.75, 3.05) is 7.05 Å². The Bertz CT molecular complexity index is 89.7. The predicted molar refractivity (Wildman–Crippen MR) is 44.6 cm³/mol. The van der Waals surface area contributed by atoms with E-state index >= 15 is 0 Å². The van der Waals surface area contributed by atoms with Crippen LogP contribution in [0.3, 0.4) is 0 Å². The van der Waals surface area contributed by atoms with Gasteiger partial charge < -0.3 is 10.4 Å². The third kappa shape index (κ3) is 2.86. The summed E-state index contributed by atoms with van der Waals surface area (Å²) >= 11 is 0. The monoisotopic (exact) mass is 165 g/mol. The fraction of sp³-hybridized carbons (Fsp3) is 1.00. The van der Waals surface area contributed by atoms with E-state index in [4.69, 9.17) is 0 Å². The quantitative estimate of drug-likeness (QED) is 0.606. The van der Waals surface area contributed by atoms with Gasteiger partial charge >= 0.3 is 0 Å². The molecule has 0 aromatic carbocycles. The normalized spacial score (nSPS) is 33.0. The van der Waals surface area contributed by atoms with Crippen molar-refractivity contribution in [1.82, 2.24) is 5.32 Å². The Morgan fingerprint density at radius 2 is 2.10 bits per heavy atom. The van der Waals surface area contributed by atoms with E-state index in [1.165, 1.54) is 12.8 Å². The number of hydrogen-bond acceptors (Lipinski definition) is 2. The Balaban J connectivity index is 0.000000810. The summed E-state index contributed by atoms with van der Waals surface area (Å²) in [5.41, 5.74) is 0. The predicted octanol–water partition coefficient (Wildman–Crippen LogP) is 0.931. The highest BCUT2D eigenvalue weighted by Gasteiger charge is 2.17. The molecule has 0 spiro atoms. The molecule has 0 aromatic heterocycles. The molecule has 62 valence electrons. The van der Waals surface area contributed by atoms with Crippen LogP contribution in [0.15, 0.2) is 0 Å². The maximum absolute atomic E-state index is 9.17. The molecule has 0 aromatic rings. The van der Waals surface area contributed by atoms with Gasteiger partial charge in [0.1, 0.15) is 0 Å². The lowest BCUT2D eigenvalue weighted by atomic mass is 9.93. The van der Waals surface area contributed by atoms with Crippen molar-refractivity contribution in [3.05, 3.63) is 0 Å². The third-order valence-corrected chi connectivity index (χ3v) is 2.05.